The van der Waals surface area contributed by atoms with Crippen molar-refractivity contribution in [1.82, 2.24) is 0 Å². The zero-order chi connectivity index (χ0) is 16.5. The van der Waals surface area contributed by atoms with E-state index >= 15 is 0 Å². The summed E-state index contributed by atoms with van der Waals surface area (Å²) in [5.41, 5.74) is 2.72. The van der Waals surface area contributed by atoms with Gasteiger partial charge in [-0.3, -0.25) is 4.79 Å². The van der Waals surface area contributed by atoms with Crippen LogP contribution >= 0.6 is 0 Å². The molecule has 0 bridgehead atoms. The summed E-state index contributed by atoms with van der Waals surface area (Å²) in [6.45, 7) is 5.45. The fraction of sp³-hybridized carbons (Fsp3) is 0.500. The number of quaternary nitrogens is 2. The number of aliphatic carboxylic acids is 1. The highest BCUT2D eigenvalue weighted by Crippen LogP contribution is 2.16. The summed E-state index contributed by atoms with van der Waals surface area (Å²) in [5, 5.41) is 17.6. The molecule has 122 valence electrons. The zero-order valence-corrected chi connectivity index (χ0v) is 13.5. The molecule has 1 aromatic carbocycles. The van der Waals surface area contributed by atoms with Crippen LogP contribution < -0.4 is 21.1 Å². The van der Waals surface area contributed by atoms with Gasteiger partial charge in [0.25, 0.3) is 0 Å². The maximum Gasteiger partial charge on any atom is 0.230 e. The second-order valence-corrected chi connectivity index (χ2v) is 5.57. The monoisotopic (exact) mass is 308 g/mol. The van der Waals surface area contributed by atoms with Gasteiger partial charge in [-0.1, -0.05) is 12.1 Å². The number of carboxylic acids is 1. The van der Waals surface area contributed by atoms with Crippen LogP contribution in [0.3, 0.4) is 0 Å². The minimum Gasteiger partial charge on any atom is -0.544 e. The number of rotatable bonds is 9. The highest BCUT2D eigenvalue weighted by atomic mass is 16.4. The second kappa shape index (κ2) is 9.17. The SMILES string of the molecule is C[NH2+]CCC[NH2+][C@@H](CC(=O)Nc1cc(C)ccc1C)C(=O)[O-]. The van der Waals surface area contributed by atoms with Crippen LogP contribution in [-0.2, 0) is 9.59 Å². The van der Waals surface area contributed by atoms with Gasteiger partial charge in [0, 0.05) is 12.1 Å². The number of nitrogens with two attached hydrogens (primary N) is 2. The van der Waals surface area contributed by atoms with Crippen molar-refractivity contribution in [3.63, 3.8) is 0 Å². The zero-order valence-electron chi connectivity index (χ0n) is 13.5. The molecule has 6 nitrogen and oxygen atoms in total. The molecule has 1 atom stereocenters. The molecule has 0 saturated carbocycles. The normalized spacial score (nSPS) is 12.0. The first-order chi connectivity index (χ1) is 10.4. The van der Waals surface area contributed by atoms with E-state index in [4.69, 9.17) is 0 Å². The van der Waals surface area contributed by atoms with Crippen LogP contribution in [0.5, 0.6) is 0 Å². The first kappa shape index (κ1) is 18.1. The van der Waals surface area contributed by atoms with Crippen LogP contribution in [0.1, 0.15) is 24.0 Å². The Hall–Kier alpha value is -1.92. The van der Waals surface area contributed by atoms with Crippen molar-refractivity contribution in [3.05, 3.63) is 29.3 Å². The standard InChI is InChI=1S/C16H25N3O3/c1-11-5-6-12(2)13(9-11)19-15(20)10-14(16(21)22)18-8-4-7-17-3/h5-6,9,14,17-18H,4,7-8,10H2,1-3H3,(H,19,20)(H,21,22)/p+1/t14-/m0/s1. The number of hydrogen-bond donors (Lipinski definition) is 3. The summed E-state index contributed by atoms with van der Waals surface area (Å²) in [6, 6.07) is 4.92. The predicted octanol–water partition coefficient (Wildman–Crippen LogP) is -2.10. The number of carbonyl (C=O) groups excluding carboxylic acids is 2. The largest absolute Gasteiger partial charge is 0.544 e. The van der Waals surface area contributed by atoms with E-state index in [9.17, 15) is 14.7 Å². The Labute approximate surface area is 131 Å². The van der Waals surface area contributed by atoms with Crippen LogP contribution in [0, 0.1) is 13.8 Å². The van der Waals surface area contributed by atoms with Gasteiger partial charge >= 0.3 is 0 Å². The number of nitrogens with one attached hydrogen (secondary N) is 1. The lowest BCUT2D eigenvalue weighted by atomic mass is 10.1. The van der Waals surface area contributed by atoms with Crippen molar-refractivity contribution in [2.75, 3.05) is 25.5 Å². The Morgan fingerprint density at radius 1 is 1.27 bits per heavy atom. The van der Waals surface area contributed by atoms with Crippen molar-refractivity contribution >= 4 is 17.6 Å². The molecule has 0 heterocycles. The van der Waals surface area contributed by atoms with Gasteiger partial charge in [0.05, 0.1) is 32.5 Å². The fourth-order valence-corrected chi connectivity index (χ4v) is 2.18. The molecule has 6 heteroatoms. The first-order valence-corrected chi connectivity index (χ1v) is 7.63. The van der Waals surface area contributed by atoms with E-state index in [2.05, 4.69) is 5.32 Å². The van der Waals surface area contributed by atoms with Gasteiger partial charge in [-0.2, -0.15) is 0 Å². The van der Waals surface area contributed by atoms with Gasteiger partial charge in [-0.25, -0.2) is 0 Å². The van der Waals surface area contributed by atoms with Crippen molar-refractivity contribution in [1.29, 1.82) is 0 Å². The smallest absolute Gasteiger partial charge is 0.230 e. The number of carbonyl (C=O) groups is 2. The molecule has 0 radical (unpaired) electrons. The van der Waals surface area contributed by atoms with E-state index in [1.165, 1.54) is 0 Å². The van der Waals surface area contributed by atoms with E-state index in [1.54, 1.807) is 5.32 Å². The third kappa shape index (κ3) is 6.24. The van der Waals surface area contributed by atoms with E-state index in [0.29, 0.717) is 6.54 Å². The number of aryl methyl sites for hydroxylation is 2. The topological polar surface area (TPSA) is 102 Å². The molecule has 0 unspecified atom stereocenters. The van der Waals surface area contributed by atoms with E-state index < -0.39 is 12.0 Å². The molecule has 0 saturated heterocycles. The summed E-state index contributed by atoms with van der Waals surface area (Å²) < 4.78 is 0. The molecule has 0 spiro atoms. The summed E-state index contributed by atoms with van der Waals surface area (Å²) in [4.78, 5) is 23.2. The number of anilines is 1. The lowest BCUT2D eigenvalue weighted by Gasteiger charge is -2.17. The molecule has 22 heavy (non-hydrogen) atoms. The van der Waals surface area contributed by atoms with Crippen LogP contribution in [-0.4, -0.2) is 38.1 Å². The van der Waals surface area contributed by atoms with Crippen molar-refractivity contribution in [2.45, 2.75) is 32.7 Å². The molecule has 1 rings (SSSR count). The maximum atomic E-state index is 12.1. The quantitative estimate of drug-likeness (QED) is 0.455. The molecular weight excluding hydrogens is 282 g/mol. The van der Waals surface area contributed by atoms with E-state index in [-0.39, 0.29) is 12.3 Å². The molecular formula is C16H26N3O3+. The summed E-state index contributed by atoms with van der Waals surface area (Å²) in [6.07, 6.45) is 0.796. The highest BCUT2D eigenvalue weighted by molar-refractivity contribution is 5.94. The molecule has 0 aromatic heterocycles. The number of benzene rings is 1. The van der Waals surface area contributed by atoms with Crippen molar-refractivity contribution in [3.8, 4) is 0 Å². The molecule has 0 aliphatic heterocycles. The van der Waals surface area contributed by atoms with E-state index in [1.807, 2.05) is 44.4 Å². The van der Waals surface area contributed by atoms with Crippen LogP contribution in [0.15, 0.2) is 18.2 Å². The Balaban J connectivity index is 2.56. The average molecular weight is 308 g/mol. The van der Waals surface area contributed by atoms with Crippen LogP contribution in [0.4, 0.5) is 5.69 Å². The molecule has 5 N–H and O–H groups in total. The Kier molecular flexibility index (Phi) is 7.56. The van der Waals surface area contributed by atoms with Crippen molar-refractivity contribution in [2.24, 2.45) is 0 Å². The van der Waals surface area contributed by atoms with Crippen molar-refractivity contribution < 1.29 is 25.3 Å². The Morgan fingerprint density at radius 2 is 2.00 bits per heavy atom. The van der Waals surface area contributed by atoms with Gasteiger partial charge in [0.2, 0.25) is 5.91 Å². The highest BCUT2D eigenvalue weighted by Gasteiger charge is 2.18. The summed E-state index contributed by atoms with van der Waals surface area (Å²) in [7, 11) is 1.97. The van der Waals surface area contributed by atoms with Gasteiger partial charge < -0.3 is 25.9 Å². The molecule has 0 fully saturated rings. The lowest BCUT2D eigenvalue weighted by molar-refractivity contribution is -0.692. The summed E-state index contributed by atoms with van der Waals surface area (Å²) in [5.74, 6) is -1.50. The minimum atomic E-state index is -1.20. The maximum absolute atomic E-state index is 12.1. The second-order valence-electron chi connectivity index (χ2n) is 5.57. The van der Waals surface area contributed by atoms with Gasteiger partial charge in [0.15, 0.2) is 0 Å². The van der Waals surface area contributed by atoms with Gasteiger partial charge in [0.1, 0.15) is 6.04 Å². The minimum absolute atomic E-state index is 0.0917. The molecule has 0 aliphatic rings. The van der Waals surface area contributed by atoms with Gasteiger partial charge in [-0.05, 0) is 31.0 Å². The van der Waals surface area contributed by atoms with Crippen LogP contribution in [0.25, 0.3) is 0 Å². The number of hydrogen-bond acceptors (Lipinski definition) is 3. The fourth-order valence-electron chi connectivity index (χ4n) is 2.18. The first-order valence-electron chi connectivity index (χ1n) is 7.63. The number of carboxylic acid groups (broad SMARTS) is 1. The third-order valence-electron chi connectivity index (χ3n) is 3.52. The Bertz CT molecular complexity index is 517. The van der Waals surface area contributed by atoms with E-state index in [0.717, 1.165) is 29.8 Å². The molecule has 1 aromatic rings. The molecule has 0 aliphatic carbocycles. The predicted molar refractivity (Wildman–Crippen MR) is 82.1 cm³/mol. The average Bonchev–Trinajstić information content (AvgIpc) is 2.46. The van der Waals surface area contributed by atoms with Gasteiger partial charge in [-0.15, -0.1) is 0 Å². The lowest BCUT2D eigenvalue weighted by Crippen LogP contribution is -2.94. The Morgan fingerprint density at radius 3 is 2.64 bits per heavy atom. The molecule has 1 amide bonds. The van der Waals surface area contributed by atoms with Crippen LogP contribution in [0.2, 0.25) is 0 Å². The number of amides is 1. The third-order valence-corrected chi connectivity index (χ3v) is 3.52. The summed E-state index contributed by atoms with van der Waals surface area (Å²) >= 11 is 0.